The molecule has 0 amide bonds. The van der Waals surface area contributed by atoms with E-state index in [9.17, 15) is 4.79 Å². The molecule has 0 saturated heterocycles. The molecule has 0 unspecified atom stereocenters. The van der Waals surface area contributed by atoms with E-state index in [2.05, 4.69) is 0 Å². The second-order valence-corrected chi connectivity index (χ2v) is 3.49. The van der Waals surface area contributed by atoms with Crippen LogP contribution in [0, 0.1) is 0 Å². The van der Waals surface area contributed by atoms with Gasteiger partial charge in [-0.05, 0) is 29.5 Å². The molecule has 0 heterocycles. The van der Waals surface area contributed by atoms with Crippen molar-refractivity contribution in [2.45, 2.75) is 6.92 Å². The molecule has 0 radical (unpaired) electrons. The number of rotatable bonds is 2. The fraction of sp³-hybridized carbons (Fsp3) is 0.100. The van der Waals surface area contributed by atoms with Crippen LogP contribution >= 0.6 is 22.6 Å². The Bertz CT molecular complexity index is 301. The average Bonchev–Trinajstić information content (AvgIpc) is 2.17. The summed E-state index contributed by atoms with van der Waals surface area (Å²) in [6, 6.07) is 9.29. The van der Waals surface area contributed by atoms with E-state index in [-0.39, 0.29) is 5.78 Å². The van der Waals surface area contributed by atoms with Crippen LogP contribution in [0.2, 0.25) is 0 Å². The summed E-state index contributed by atoms with van der Waals surface area (Å²) in [6.07, 6.45) is 1.82. The van der Waals surface area contributed by atoms with E-state index in [1.165, 1.54) is 0 Å². The lowest BCUT2D eigenvalue weighted by atomic mass is 10.1. The molecule has 0 fully saturated rings. The average molecular weight is 272 g/mol. The molecule has 0 bridgehead atoms. The highest BCUT2D eigenvalue weighted by Gasteiger charge is 2.06. The van der Waals surface area contributed by atoms with Gasteiger partial charge >= 0.3 is 0 Å². The highest BCUT2D eigenvalue weighted by Crippen LogP contribution is 2.13. The Hall–Kier alpha value is -0.640. The summed E-state index contributed by atoms with van der Waals surface area (Å²) in [4.78, 5) is 11.5. The molecule has 2 heteroatoms. The lowest BCUT2D eigenvalue weighted by molar-refractivity contribution is 0.104. The predicted octanol–water partition coefficient (Wildman–Crippen LogP) is 3.21. The number of carbonyl (C=O) groups is 1. The zero-order valence-electron chi connectivity index (χ0n) is 6.75. The molecule has 12 heavy (non-hydrogen) atoms. The Morgan fingerprint density at radius 1 is 1.33 bits per heavy atom. The van der Waals surface area contributed by atoms with E-state index >= 15 is 0 Å². The summed E-state index contributed by atoms with van der Waals surface area (Å²) in [5.74, 6) is 0.0960. The van der Waals surface area contributed by atoms with Crippen LogP contribution in [0.1, 0.15) is 17.3 Å². The van der Waals surface area contributed by atoms with Gasteiger partial charge in [0.25, 0.3) is 0 Å². The smallest absolute Gasteiger partial charge is 0.198 e. The Labute approximate surface area is 85.6 Å². The number of benzene rings is 1. The van der Waals surface area contributed by atoms with Crippen molar-refractivity contribution in [1.82, 2.24) is 0 Å². The second-order valence-electron chi connectivity index (χ2n) is 2.33. The largest absolute Gasteiger partial charge is 0.288 e. The number of halogens is 1. The van der Waals surface area contributed by atoms with Gasteiger partial charge in [0, 0.05) is 5.56 Å². The van der Waals surface area contributed by atoms with Gasteiger partial charge < -0.3 is 0 Å². The Morgan fingerprint density at radius 3 is 2.42 bits per heavy atom. The molecule has 1 aromatic rings. The zero-order chi connectivity index (χ0) is 8.97. The molecular weight excluding hydrogens is 263 g/mol. The number of carbonyl (C=O) groups excluding carboxylic acids is 1. The summed E-state index contributed by atoms with van der Waals surface area (Å²) in [7, 11) is 0. The quantitative estimate of drug-likeness (QED) is 0.459. The predicted molar refractivity (Wildman–Crippen MR) is 58.5 cm³/mol. The van der Waals surface area contributed by atoms with Crippen molar-refractivity contribution >= 4 is 28.4 Å². The van der Waals surface area contributed by atoms with Gasteiger partial charge in [-0.2, -0.15) is 0 Å². The van der Waals surface area contributed by atoms with Crippen molar-refractivity contribution in [1.29, 1.82) is 0 Å². The van der Waals surface area contributed by atoms with Crippen molar-refractivity contribution < 1.29 is 4.79 Å². The molecule has 0 saturated carbocycles. The SMILES string of the molecule is C/C=C(\I)C(=O)c1ccccc1. The van der Waals surface area contributed by atoms with Crippen LogP contribution in [-0.2, 0) is 0 Å². The normalized spacial score (nSPS) is 11.3. The van der Waals surface area contributed by atoms with Crippen molar-refractivity contribution in [3.05, 3.63) is 45.6 Å². The van der Waals surface area contributed by atoms with Gasteiger partial charge in [0.15, 0.2) is 5.78 Å². The molecule has 0 spiro atoms. The molecule has 0 aliphatic carbocycles. The van der Waals surface area contributed by atoms with E-state index in [0.29, 0.717) is 0 Å². The first kappa shape index (κ1) is 9.45. The third-order valence-corrected chi connectivity index (χ3v) is 2.62. The van der Waals surface area contributed by atoms with E-state index in [0.717, 1.165) is 9.14 Å². The number of hydrogen-bond donors (Lipinski definition) is 0. The van der Waals surface area contributed by atoms with Crippen LogP contribution in [0.3, 0.4) is 0 Å². The molecule has 0 aromatic heterocycles. The first-order valence-electron chi connectivity index (χ1n) is 3.67. The van der Waals surface area contributed by atoms with Crippen molar-refractivity contribution in [2.24, 2.45) is 0 Å². The Morgan fingerprint density at radius 2 is 1.92 bits per heavy atom. The van der Waals surface area contributed by atoms with Crippen LogP contribution in [0.15, 0.2) is 40.0 Å². The third kappa shape index (κ3) is 2.17. The van der Waals surface area contributed by atoms with E-state index in [4.69, 9.17) is 0 Å². The molecule has 0 aliphatic rings. The van der Waals surface area contributed by atoms with Crippen LogP contribution in [-0.4, -0.2) is 5.78 Å². The van der Waals surface area contributed by atoms with Crippen LogP contribution in [0.5, 0.6) is 0 Å². The van der Waals surface area contributed by atoms with E-state index in [1.54, 1.807) is 0 Å². The summed E-state index contributed by atoms with van der Waals surface area (Å²) in [5, 5.41) is 0. The maximum Gasteiger partial charge on any atom is 0.198 e. The van der Waals surface area contributed by atoms with Gasteiger partial charge in [-0.25, -0.2) is 0 Å². The number of allylic oxidation sites excluding steroid dienone is 2. The maximum atomic E-state index is 11.5. The number of Topliss-reactive ketones (excluding diaryl/α,β-unsaturated/α-hetero) is 1. The molecule has 1 nitrogen and oxygen atoms in total. The van der Waals surface area contributed by atoms with Gasteiger partial charge in [-0.1, -0.05) is 36.4 Å². The minimum atomic E-state index is 0.0960. The summed E-state index contributed by atoms with van der Waals surface area (Å²) in [5.41, 5.74) is 0.750. The minimum absolute atomic E-state index is 0.0960. The van der Waals surface area contributed by atoms with Crippen LogP contribution < -0.4 is 0 Å². The van der Waals surface area contributed by atoms with E-state index in [1.807, 2.05) is 65.9 Å². The molecule has 0 aliphatic heterocycles. The second kappa shape index (κ2) is 4.40. The van der Waals surface area contributed by atoms with Crippen LogP contribution in [0.4, 0.5) is 0 Å². The lowest BCUT2D eigenvalue weighted by Gasteiger charge is -1.97. The molecule has 0 atom stereocenters. The Kier molecular flexibility index (Phi) is 3.47. The standard InChI is InChI=1S/C10H9IO/c1-2-9(11)10(12)8-6-4-3-5-7-8/h2-7H,1H3/b9-2-. The summed E-state index contributed by atoms with van der Waals surface area (Å²) in [6.45, 7) is 1.86. The first-order valence-corrected chi connectivity index (χ1v) is 4.75. The van der Waals surface area contributed by atoms with Gasteiger partial charge in [0.05, 0.1) is 3.58 Å². The molecular formula is C10H9IO. The lowest BCUT2D eigenvalue weighted by Crippen LogP contribution is -1.96. The fourth-order valence-electron chi connectivity index (χ4n) is 0.859. The van der Waals surface area contributed by atoms with Crippen molar-refractivity contribution in [3.63, 3.8) is 0 Å². The van der Waals surface area contributed by atoms with Gasteiger partial charge in [-0.15, -0.1) is 0 Å². The minimum Gasteiger partial charge on any atom is -0.288 e. The van der Waals surface area contributed by atoms with Crippen molar-refractivity contribution in [3.8, 4) is 0 Å². The number of ketones is 1. The fourth-order valence-corrected chi connectivity index (χ4v) is 1.17. The Balaban J connectivity index is 2.94. The van der Waals surface area contributed by atoms with Gasteiger partial charge in [0.1, 0.15) is 0 Å². The summed E-state index contributed by atoms with van der Waals surface area (Å²) >= 11 is 2.05. The monoisotopic (exact) mass is 272 g/mol. The van der Waals surface area contributed by atoms with E-state index < -0.39 is 0 Å². The highest BCUT2D eigenvalue weighted by atomic mass is 127. The highest BCUT2D eigenvalue weighted by molar-refractivity contribution is 14.1. The third-order valence-electron chi connectivity index (χ3n) is 1.51. The number of hydrogen-bond acceptors (Lipinski definition) is 1. The van der Waals surface area contributed by atoms with Gasteiger partial charge in [0.2, 0.25) is 0 Å². The zero-order valence-corrected chi connectivity index (χ0v) is 8.91. The molecule has 0 N–H and O–H groups in total. The topological polar surface area (TPSA) is 17.1 Å². The van der Waals surface area contributed by atoms with Gasteiger partial charge in [-0.3, -0.25) is 4.79 Å². The van der Waals surface area contributed by atoms with Crippen LogP contribution in [0.25, 0.3) is 0 Å². The molecule has 1 aromatic carbocycles. The molecule has 1 rings (SSSR count). The van der Waals surface area contributed by atoms with Crippen molar-refractivity contribution in [2.75, 3.05) is 0 Å². The molecule has 62 valence electrons. The summed E-state index contributed by atoms with van der Waals surface area (Å²) < 4.78 is 0.763. The maximum absolute atomic E-state index is 11.5. The first-order chi connectivity index (χ1) is 5.75.